The Hall–Kier alpha value is -1.37. The van der Waals surface area contributed by atoms with Gasteiger partial charge in [-0.15, -0.1) is 0 Å². The van der Waals surface area contributed by atoms with Crippen LogP contribution in [0.15, 0.2) is 23.4 Å². The van der Waals surface area contributed by atoms with E-state index in [2.05, 4.69) is 9.97 Å². The van der Waals surface area contributed by atoms with Gasteiger partial charge in [0.1, 0.15) is 11.3 Å². The van der Waals surface area contributed by atoms with Crippen LogP contribution in [-0.2, 0) is 0 Å². The Balaban J connectivity index is 2.45. The van der Waals surface area contributed by atoms with Gasteiger partial charge in [0.15, 0.2) is 0 Å². The van der Waals surface area contributed by atoms with Crippen molar-refractivity contribution in [3.8, 4) is 5.75 Å². The highest BCUT2D eigenvalue weighted by molar-refractivity contribution is 8.00. The van der Waals surface area contributed by atoms with E-state index in [0.29, 0.717) is 5.52 Å². The van der Waals surface area contributed by atoms with Gasteiger partial charge in [-0.1, -0.05) is 0 Å². The van der Waals surface area contributed by atoms with Crippen molar-refractivity contribution in [2.75, 3.05) is 0 Å². The van der Waals surface area contributed by atoms with Gasteiger partial charge in [-0.3, -0.25) is 0 Å². The number of nitrogens with one attached hydrogen (secondary N) is 1. The molecule has 2 rings (SSSR count). The highest BCUT2D eigenvalue weighted by Gasteiger charge is 2.29. The molecule has 0 saturated heterocycles. The van der Waals surface area contributed by atoms with Crippen molar-refractivity contribution in [3.63, 3.8) is 0 Å². The summed E-state index contributed by atoms with van der Waals surface area (Å²) in [5, 5.41) is 9.37. The van der Waals surface area contributed by atoms with Crippen molar-refractivity contribution in [2.45, 2.75) is 10.4 Å². The second-order valence-electron chi connectivity index (χ2n) is 2.79. The normalized spacial score (nSPS) is 12.2. The molecule has 0 aliphatic heterocycles. The molecule has 0 aliphatic rings. The van der Waals surface area contributed by atoms with E-state index in [1.807, 2.05) is 0 Å². The number of fused-ring (bicyclic) bond motifs is 1. The molecule has 0 unspecified atom stereocenters. The minimum Gasteiger partial charge on any atom is -0.506 e. The molecule has 1 heterocycles. The Morgan fingerprint density at radius 3 is 2.73 bits per heavy atom. The first-order chi connectivity index (χ1) is 6.96. The maximum atomic E-state index is 12.1. The lowest BCUT2D eigenvalue weighted by Crippen LogP contribution is -1.98. The SMILES string of the molecule is Oc1cc(SC(F)(F)F)cc2[nH]cnc12. The molecular formula is C8H5F3N2OS. The number of hydrogen-bond acceptors (Lipinski definition) is 3. The van der Waals surface area contributed by atoms with Crippen LogP contribution in [0.1, 0.15) is 0 Å². The molecule has 0 spiro atoms. The van der Waals surface area contributed by atoms with E-state index in [1.54, 1.807) is 0 Å². The van der Waals surface area contributed by atoms with Gasteiger partial charge < -0.3 is 10.1 Å². The highest BCUT2D eigenvalue weighted by Crippen LogP contribution is 2.39. The molecule has 0 bridgehead atoms. The number of thioether (sulfide) groups is 1. The van der Waals surface area contributed by atoms with Crippen molar-refractivity contribution < 1.29 is 18.3 Å². The van der Waals surface area contributed by atoms with Gasteiger partial charge >= 0.3 is 5.51 Å². The van der Waals surface area contributed by atoms with Crippen LogP contribution in [-0.4, -0.2) is 20.6 Å². The van der Waals surface area contributed by atoms with E-state index in [1.165, 1.54) is 12.4 Å². The predicted octanol–water partition coefficient (Wildman–Crippen LogP) is 2.88. The molecule has 80 valence electrons. The molecule has 0 radical (unpaired) electrons. The Morgan fingerprint density at radius 2 is 2.07 bits per heavy atom. The van der Waals surface area contributed by atoms with Crippen LogP contribution in [0.4, 0.5) is 13.2 Å². The first-order valence-corrected chi connectivity index (χ1v) is 4.69. The van der Waals surface area contributed by atoms with Crippen LogP contribution in [0, 0.1) is 0 Å². The van der Waals surface area contributed by atoms with Crippen molar-refractivity contribution >= 4 is 22.8 Å². The van der Waals surface area contributed by atoms with Gasteiger partial charge in [0, 0.05) is 4.90 Å². The summed E-state index contributed by atoms with van der Waals surface area (Å²) in [7, 11) is 0. The number of phenolic OH excluding ortho intramolecular Hbond substituents is 1. The molecular weight excluding hydrogens is 229 g/mol. The van der Waals surface area contributed by atoms with E-state index in [4.69, 9.17) is 0 Å². The smallest absolute Gasteiger partial charge is 0.446 e. The molecule has 3 nitrogen and oxygen atoms in total. The molecule has 1 aromatic heterocycles. The van der Waals surface area contributed by atoms with E-state index in [0.717, 1.165) is 6.07 Å². The predicted molar refractivity (Wildman–Crippen MR) is 49.7 cm³/mol. The van der Waals surface area contributed by atoms with E-state index in [-0.39, 0.29) is 27.9 Å². The third-order valence-corrected chi connectivity index (χ3v) is 2.41. The summed E-state index contributed by atoms with van der Waals surface area (Å²) in [6, 6.07) is 2.33. The lowest BCUT2D eigenvalue weighted by atomic mass is 10.3. The summed E-state index contributed by atoms with van der Waals surface area (Å²) in [5.41, 5.74) is -3.72. The summed E-state index contributed by atoms with van der Waals surface area (Å²) >= 11 is -0.275. The molecule has 0 fully saturated rings. The number of nitrogens with zero attached hydrogens (tertiary/aromatic N) is 1. The van der Waals surface area contributed by atoms with Crippen LogP contribution in [0.5, 0.6) is 5.75 Å². The van der Waals surface area contributed by atoms with Gasteiger partial charge in [-0.25, -0.2) is 4.98 Å². The van der Waals surface area contributed by atoms with Crippen molar-refractivity contribution in [1.82, 2.24) is 9.97 Å². The van der Waals surface area contributed by atoms with Gasteiger partial charge in [-0.05, 0) is 23.9 Å². The van der Waals surface area contributed by atoms with Gasteiger partial charge in [0.2, 0.25) is 0 Å². The quantitative estimate of drug-likeness (QED) is 0.746. The fourth-order valence-electron chi connectivity index (χ4n) is 1.20. The van der Waals surface area contributed by atoms with Crippen LogP contribution >= 0.6 is 11.8 Å². The Labute approximate surface area is 86.3 Å². The number of halogens is 3. The topological polar surface area (TPSA) is 48.9 Å². The molecule has 0 amide bonds. The number of phenols is 1. The Kier molecular flexibility index (Phi) is 2.26. The molecule has 7 heteroatoms. The summed E-state index contributed by atoms with van der Waals surface area (Å²) in [5.74, 6) is -0.263. The summed E-state index contributed by atoms with van der Waals surface area (Å²) < 4.78 is 36.2. The summed E-state index contributed by atoms with van der Waals surface area (Å²) in [4.78, 5) is 6.32. The highest BCUT2D eigenvalue weighted by atomic mass is 32.2. The lowest BCUT2D eigenvalue weighted by Gasteiger charge is -2.05. The first kappa shape index (κ1) is 10.2. The zero-order valence-electron chi connectivity index (χ0n) is 7.17. The van der Waals surface area contributed by atoms with Crippen LogP contribution in [0.25, 0.3) is 11.0 Å². The number of benzene rings is 1. The third kappa shape index (κ3) is 2.17. The summed E-state index contributed by atoms with van der Waals surface area (Å²) in [6.07, 6.45) is 1.31. The van der Waals surface area contributed by atoms with Gasteiger partial charge in [-0.2, -0.15) is 13.2 Å². The average molecular weight is 234 g/mol. The monoisotopic (exact) mass is 234 g/mol. The number of aromatic hydroxyl groups is 1. The number of aromatic amines is 1. The minimum atomic E-state index is -4.36. The molecule has 15 heavy (non-hydrogen) atoms. The van der Waals surface area contributed by atoms with Gasteiger partial charge in [0.25, 0.3) is 0 Å². The van der Waals surface area contributed by atoms with Crippen LogP contribution in [0.2, 0.25) is 0 Å². The maximum Gasteiger partial charge on any atom is 0.446 e. The van der Waals surface area contributed by atoms with Crippen molar-refractivity contribution in [2.24, 2.45) is 0 Å². The number of H-pyrrole nitrogens is 1. The van der Waals surface area contributed by atoms with E-state index < -0.39 is 5.51 Å². The molecule has 1 aromatic carbocycles. The van der Waals surface area contributed by atoms with Crippen LogP contribution in [0.3, 0.4) is 0 Å². The van der Waals surface area contributed by atoms with E-state index >= 15 is 0 Å². The second kappa shape index (κ2) is 3.34. The van der Waals surface area contributed by atoms with Gasteiger partial charge in [0.05, 0.1) is 11.8 Å². The number of aromatic nitrogens is 2. The minimum absolute atomic E-state index is 0.0725. The van der Waals surface area contributed by atoms with Crippen molar-refractivity contribution in [1.29, 1.82) is 0 Å². The van der Waals surface area contributed by atoms with Crippen LogP contribution < -0.4 is 0 Å². The largest absolute Gasteiger partial charge is 0.506 e. The average Bonchev–Trinajstić information content (AvgIpc) is 2.48. The van der Waals surface area contributed by atoms with E-state index in [9.17, 15) is 18.3 Å². The standard InChI is InChI=1S/C8H5F3N2OS/c9-8(10,11)15-4-1-5-7(6(14)2-4)13-3-12-5/h1-3,14H,(H,12,13). The maximum absolute atomic E-state index is 12.1. The lowest BCUT2D eigenvalue weighted by molar-refractivity contribution is -0.0328. The zero-order valence-corrected chi connectivity index (χ0v) is 7.99. The zero-order chi connectivity index (χ0) is 11.1. The fraction of sp³-hybridized carbons (Fsp3) is 0.125. The number of hydrogen-bond donors (Lipinski definition) is 2. The Morgan fingerprint density at radius 1 is 1.33 bits per heavy atom. The molecule has 0 aliphatic carbocycles. The molecule has 0 atom stereocenters. The fourth-order valence-corrected chi connectivity index (χ4v) is 1.81. The number of imidazole rings is 1. The molecule has 0 saturated carbocycles. The first-order valence-electron chi connectivity index (χ1n) is 3.87. The van der Waals surface area contributed by atoms with Crippen molar-refractivity contribution in [3.05, 3.63) is 18.5 Å². The molecule has 2 aromatic rings. The summed E-state index contributed by atoms with van der Waals surface area (Å²) in [6.45, 7) is 0. The Bertz CT molecular complexity index is 494. The third-order valence-electron chi connectivity index (χ3n) is 1.71. The number of rotatable bonds is 1. The molecule has 2 N–H and O–H groups in total. The second-order valence-corrected chi connectivity index (χ2v) is 3.93. The number of alkyl halides is 3.